The number of carbonyl (C=O) groups is 2. The van der Waals surface area contributed by atoms with Gasteiger partial charge in [0.15, 0.2) is 0 Å². The lowest BCUT2D eigenvalue weighted by Crippen LogP contribution is -2.07. The third kappa shape index (κ3) is 3.74. The van der Waals surface area contributed by atoms with E-state index in [0.717, 1.165) is 16.7 Å². The molecule has 0 unspecified atom stereocenters. The van der Waals surface area contributed by atoms with Crippen molar-refractivity contribution >= 4 is 28.9 Å². The Kier molecular flexibility index (Phi) is 5.42. The number of fused-ring (bicyclic) bond motifs is 1. The average Bonchev–Trinajstić information content (AvgIpc) is 3.12. The highest BCUT2D eigenvalue weighted by Gasteiger charge is 2.22. The lowest BCUT2D eigenvalue weighted by molar-refractivity contribution is 0.0475. The van der Waals surface area contributed by atoms with E-state index in [1.54, 1.807) is 28.8 Å². The summed E-state index contributed by atoms with van der Waals surface area (Å²) < 4.78 is 7.22. The maximum Gasteiger partial charge on any atom is 0.340 e. The van der Waals surface area contributed by atoms with Crippen LogP contribution in [-0.4, -0.2) is 16.2 Å². The van der Waals surface area contributed by atoms with E-state index in [2.05, 4.69) is 0 Å². The van der Waals surface area contributed by atoms with Crippen molar-refractivity contribution in [3.05, 3.63) is 111 Å². The van der Waals surface area contributed by atoms with E-state index in [9.17, 15) is 9.59 Å². The second-order valence-corrected chi connectivity index (χ2v) is 7.62. The second kappa shape index (κ2) is 8.17. The second-order valence-electron chi connectivity index (χ2n) is 7.21. The molecule has 0 aliphatic carbocycles. The number of carbonyl (C=O) groups excluding carboxylic acids is 2. The summed E-state index contributed by atoms with van der Waals surface area (Å²) in [6, 6.07) is 20.0. The first kappa shape index (κ1) is 19.9. The highest BCUT2D eigenvalue weighted by atomic mass is 35.5. The molecule has 0 atom stereocenters. The van der Waals surface area contributed by atoms with Crippen LogP contribution in [0.25, 0.3) is 5.52 Å². The van der Waals surface area contributed by atoms with Crippen molar-refractivity contribution in [3.63, 3.8) is 0 Å². The SMILES string of the molecule is Cc1ccc(C(=O)c2cc(C(=O)OCc3ccccc3Cl)c3ccccn23)c(C)c1. The van der Waals surface area contributed by atoms with Crippen LogP contribution in [-0.2, 0) is 11.3 Å². The van der Waals surface area contributed by atoms with E-state index in [1.807, 2.05) is 62.4 Å². The number of benzene rings is 2. The number of hydrogen-bond donors (Lipinski definition) is 0. The van der Waals surface area contributed by atoms with E-state index >= 15 is 0 Å². The fourth-order valence-corrected chi connectivity index (χ4v) is 3.72. The van der Waals surface area contributed by atoms with Gasteiger partial charge < -0.3 is 9.14 Å². The van der Waals surface area contributed by atoms with Crippen LogP contribution in [0.1, 0.15) is 43.1 Å². The van der Waals surface area contributed by atoms with Gasteiger partial charge in [0.25, 0.3) is 0 Å². The average molecular weight is 418 g/mol. The lowest BCUT2D eigenvalue weighted by Gasteiger charge is -2.06. The van der Waals surface area contributed by atoms with Crippen LogP contribution in [0, 0.1) is 13.8 Å². The van der Waals surface area contributed by atoms with Gasteiger partial charge in [-0.2, -0.15) is 0 Å². The predicted octanol–water partition coefficient (Wildman–Crippen LogP) is 5.80. The summed E-state index contributed by atoms with van der Waals surface area (Å²) in [5, 5.41) is 0.540. The number of rotatable bonds is 5. The van der Waals surface area contributed by atoms with Crippen molar-refractivity contribution in [3.8, 4) is 0 Å². The summed E-state index contributed by atoms with van der Waals surface area (Å²) in [5.41, 5.74) is 4.71. The quantitative estimate of drug-likeness (QED) is 0.304. The van der Waals surface area contributed by atoms with E-state index in [4.69, 9.17) is 16.3 Å². The van der Waals surface area contributed by atoms with Gasteiger partial charge in [-0.3, -0.25) is 4.79 Å². The monoisotopic (exact) mass is 417 g/mol. The molecule has 30 heavy (non-hydrogen) atoms. The Morgan fingerprint density at radius 3 is 2.47 bits per heavy atom. The maximum atomic E-state index is 13.3. The van der Waals surface area contributed by atoms with E-state index < -0.39 is 5.97 Å². The summed E-state index contributed by atoms with van der Waals surface area (Å²) in [6.07, 6.45) is 1.77. The number of esters is 1. The van der Waals surface area contributed by atoms with Crippen LogP contribution >= 0.6 is 11.6 Å². The zero-order valence-electron chi connectivity index (χ0n) is 16.7. The molecule has 0 bridgehead atoms. The fraction of sp³-hybridized carbons (Fsp3) is 0.120. The van der Waals surface area contributed by atoms with Gasteiger partial charge in [-0.1, -0.05) is 59.6 Å². The van der Waals surface area contributed by atoms with Gasteiger partial charge in [-0.15, -0.1) is 0 Å². The number of pyridine rings is 1. The van der Waals surface area contributed by atoms with Crippen LogP contribution in [0.2, 0.25) is 5.02 Å². The number of aromatic nitrogens is 1. The van der Waals surface area contributed by atoms with Gasteiger partial charge in [-0.05, 0) is 43.7 Å². The Labute approximate surface area is 179 Å². The number of halogens is 1. The Balaban J connectivity index is 1.69. The molecule has 5 heteroatoms. The van der Waals surface area contributed by atoms with Crippen LogP contribution in [0.4, 0.5) is 0 Å². The Hall–Kier alpha value is -3.37. The van der Waals surface area contributed by atoms with Gasteiger partial charge >= 0.3 is 5.97 Å². The molecule has 0 aliphatic heterocycles. The van der Waals surface area contributed by atoms with Crippen LogP contribution in [0.15, 0.2) is 72.9 Å². The van der Waals surface area contributed by atoms with Gasteiger partial charge in [0.05, 0.1) is 16.8 Å². The number of nitrogens with zero attached hydrogens (tertiary/aromatic N) is 1. The highest BCUT2D eigenvalue weighted by molar-refractivity contribution is 6.31. The summed E-state index contributed by atoms with van der Waals surface area (Å²) in [7, 11) is 0. The first-order valence-corrected chi connectivity index (χ1v) is 9.96. The molecule has 0 radical (unpaired) electrons. The molecular weight excluding hydrogens is 398 g/mol. The number of aryl methyl sites for hydroxylation is 2. The van der Waals surface area contributed by atoms with Gasteiger partial charge in [-0.25, -0.2) is 4.79 Å². The molecule has 0 N–H and O–H groups in total. The van der Waals surface area contributed by atoms with Crippen molar-refractivity contribution in [2.24, 2.45) is 0 Å². The summed E-state index contributed by atoms with van der Waals surface area (Å²) in [4.78, 5) is 26.1. The predicted molar refractivity (Wildman–Crippen MR) is 117 cm³/mol. The van der Waals surface area contributed by atoms with Crippen molar-refractivity contribution in [2.45, 2.75) is 20.5 Å². The van der Waals surface area contributed by atoms with Crippen molar-refractivity contribution < 1.29 is 14.3 Å². The molecule has 0 saturated heterocycles. The number of ether oxygens (including phenoxy) is 1. The minimum atomic E-state index is -0.502. The van der Waals surface area contributed by atoms with Gasteiger partial charge in [0.2, 0.25) is 5.78 Å². The summed E-state index contributed by atoms with van der Waals surface area (Å²) in [5.74, 6) is -0.642. The van der Waals surface area contributed by atoms with E-state index in [1.165, 1.54) is 0 Å². The van der Waals surface area contributed by atoms with E-state index in [0.29, 0.717) is 27.4 Å². The molecule has 0 saturated carbocycles. The molecule has 4 rings (SSSR count). The molecule has 0 fully saturated rings. The Morgan fingerprint density at radius 2 is 1.70 bits per heavy atom. The molecule has 0 spiro atoms. The summed E-state index contributed by atoms with van der Waals surface area (Å²) >= 11 is 6.15. The van der Waals surface area contributed by atoms with Crippen LogP contribution in [0.5, 0.6) is 0 Å². The molecule has 2 aromatic carbocycles. The van der Waals surface area contributed by atoms with Gasteiger partial charge in [0.1, 0.15) is 6.61 Å². The first-order chi connectivity index (χ1) is 14.5. The number of ketones is 1. The highest BCUT2D eigenvalue weighted by Crippen LogP contribution is 2.23. The third-order valence-corrected chi connectivity index (χ3v) is 5.44. The maximum absolute atomic E-state index is 13.3. The Morgan fingerprint density at radius 1 is 0.933 bits per heavy atom. The molecule has 2 aromatic heterocycles. The molecular formula is C25H20ClNO3. The molecule has 2 heterocycles. The molecule has 0 aliphatic rings. The van der Waals surface area contributed by atoms with E-state index in [-0.39, 0.29) is 12.4 Å². The van der Waals surface area contributed by atoms with Crippen molar-refractivity contribution in [1.82, 2.24) is 4.40 Å². The molecule has 4 aromatic rings. The number of hydrogen-bond acceptors (Lipinski definition) is 3. The molecule has 4 nitrogen and oxygen atoms in total. The largest absolute Gasteiger partial charge is 0.457 e. The first-order valence-electron chi connectivity index (χ1n) is 9.58. The zero-order valence-corrected chi connectivity index (χ0v) is 17.4. The summed E-state index contributed by atoms with van der Waals surface area (Å²) in [6.45, 7) is 3.96. The minimum absolute atomic E-state index is 0.0586. The van der Waals surface area contributed by atoms with Crippen LogP contribution in [0.3, 0.4) is 0 Å². The minimum Gasteiger partial charge on any atom is -0.457 e. The Bertz CT molecular complexity index is 1270. The third-order valence-electron chi connectivity index (χ3n) is 5.07. The van der Waals surface area contributed by atoms with Crippen molar-refractivity contribution in [1.29, 1.82) is 0 Å². The fourth-order valence-electron chi connectivity index (χ4n) is 3.53. The standard InChI is InChI=1S/C25H20ClNO3/c1-16-10-11-19(17(2)13-16)24(28)23-14-20(22-9-5-6-12-27(22)23)25(29)30-15-18-7-3-4-8-21(18)26/h3-14H,15H2,1-2H3. The molecule has 0 amide bonds. The van der Waals surface area contributed by atoms with Crippen LogP contribution < -0.4 is 0 Å². The topological polar surface area (TPSA) is 47.8 Å². The van der Waals surface area contributed by atoms with Gasteiger partial charge in [0, 0.05) is 22.3 Å². The normalized spacial score (nSPS) is 10.9. The molecule has 150 valence electrons. The van der Waals surface area contributed by atoms with Crippen molar-refractivity contribution in [2.75, 3.05) is 0 Å². The smallest absolute Gasteiger partial charge is 0.340 e. The lowest BCUT2D eigenvalue weighted by atomic mass is 10.0. The zero-order chi connectivity index (χ0) is 21.3.